The lowest BCUT2D eigenvalue weighted by Crippen LogP contribution is -2.09. The number of aromatic nitrogens is 3. The van der Waals surface area contributed by atoms with Gasteiger partial charge in [0.25, 0.3) is 0 Å². The maximum atomic E-state index is 5.20. The van der Waals surface area contributed by atoms with Crippen LogP contribution in [0.3, 0.4) is 0 Å². The van der Waals surface area contributed by atoms with Crippen molar-refractivity contribution in [2.45, 2.75) is 20.8 Å². The van der Waals surface area contributed by atoms with Crippen LogP contribution in [-0.4, -0.2) is 14.5 Å². The SMILES string of the molecule is Cc1ccccc1-c1cc(-c2ccc(-c3ccc(-c4ccc(-n5c6ccc(N(c7ccccc7)c7ccccc7)cc6c6cc(N(c7ccccc7)c7ccccc7)ccc65)cc4)cc3)cc2C)nc(-c2ccccc2C)n1. The molecule has 372 valence electrons. The lowest BCUT2D eigenvalue weighted by atomic mass is 9.95. The molecule has 11 aromatic carbocycles. The van der Waals surface area contributed by atoms with Gasteiger partial charge in [0, 0.05) is 67.3 Å². The van der Waals surface area contributed by atoms with Crippen molar-refractivity contribution in [2.75, 3.05) is 9.80 Å². The highest BCUT2D eigenvalue weighted by Crippen LogP contribution is 2.43. The number of rotatable bonds is 12. The van der Waals surface area contributed by atoms with Crippen molar-refractivity contribution in [2.24, 2.45) is 0 Å². The number of fused-ring (bicyclic) bond motifs is 3. The highest BCUT2D eigenvalue weighted by atomic mass is 15.1. The van der Waals surface area contributed by atoms with E-state index in [0.29, 0.717) is 0 Å². The molecule has 13 aromatic rings. The van der Waals surface area contributed by atoms with Gasteiger partial charge in [-0.25, -0.2) is 9.97 Å². The first-order valence-electron chi connectivity index (χ1n) is 26.6. The topological polar surface area (TPSA) is 37.2 Å². The average molecular weight is 1000 g/mol. The van der Waals surface area contributed by atoms with Crippen LogP contribution < -0.4 is 9.80 Å². The van der Waals surface area contributed by atoms with Crippen LogP contribution in [0.25, 0.3) is 83.6 Å². The van der Waals surface area contributed by atoms with Gasteiger partial charge in [0.2, 0.25) is 0 Å². The molecule has 5 heteroatoms. The third-order valence-electron chi connectivity index (χ3n) is 15.0. The molecule has 13 rings (SSSR count). The van der Waals surface area contributed by atoms with Crippen LogP contribution in [-0.2, 0) is 0 Å². The molecular weight excluding hydrogens is 947 g/mol. The van der Waals surface area contributed by atoms with E-state index in [1.807, 2.05) is 0 Å². The van der Waals surface area contributed by atoms with Gasteiger partial charge in [-0.05, 0) is 163 Å². The van der Waals surface area contributed by atoms with Crippen molar-refractivity contribution < 1.29 is 0 Å². The van der Waals surface area contributed by atoms with Crippen LogP contribution in [0.4, 0.5) is 34.1 Å². The molecule has 0 N–H and O–H groups in total. The zero-order valence-electron chi connectivity index (χ0n) is 43.8. The Morgan fingerprint density at radius 2 is 0.654 bits per heavy atom. The molecule has 78 heavy (non-hydrogen) atoms. The van der Waals surface area contributed by atoms with E-state index in [1.54, 1.807) is 0 Å². The minimum absolute atomic E-state index is 0.735. The van der Waals surface area contributed by atoms with Crippen molar-refractivity contribution >= 4 is 55.9 Å². The minimum Gasteiger partial charge on any atom is -0.310 e. The van der Waals surface area contributed by atoms with Crippen LogP contribution in [0.2, 0.25) is 0 Å². The van der Waals surface area contributed by atoms with E-state index in [2.05, 4.69) is 314 Å². The summed E-state index contributed by atoms with van der Waals surface area (Å²) >= 11 is 0. The molecule has 2 aromatic heterocycles. The molecule has 0 aliphatic carbocycles. The van der Waals surface area contributed by atoms with Crippen molar-refractivity contribution in [1.82, 2.24) is 14.5 Å². The Kier molecular flexibility index (Phi) is 12.5. The second kappa shape index (κ2) is 20.6. The summed E-state index contributed by atoms with van der Waals surface area (Å²) in [4.78, 5) is 15.0. The number of anilines is 6. The molecular formula is C73H55N5. The highest BCUT2D eigenvalue weighted by molar-refractivity contribution is 6.12. The van der Waals surface area contributed by atoms with E-state index in [0.717, 1.165) is 118 Å². The van der Waals surface area contributed by atoms with Crippen molar-refractivity contribution in [1.29, 1.82) is 0 Å². The van der Waals surface area contributed by atoms with Gasteiger partial charge in [-0.15, -0.1) is 0 Å². The highest BCUT2D eigenvalue weighted by Gasteiger charge is 2.21. The van der Waals surface area contributed by atoms with Crippen LogP contribution >= 0.6 is 0 Å². The third kappa shape index (κ3) is 9.07. The molecule has 0 bridgehead atoms. The van der Waals surface area contributed by atoms with Gasteiger partial charge in [-0.1, -0.05) is 176 Å². The molecule has 0 radical (unpaired) electrons. The fourth-order valence-electron chi connectivity index (χ4n) is 11.1. The molecule has 0 fully saturated rings. The number of para-hydroxylation sites is 4. The zero-order valence-corrected chi connectivity index (χ0v) is 43.8. The van der Waals surface area contributed by atoms with Gasteiger partial charge in [0.1, 0.15) is 0 Å². The molecule has 0 saturated heterocycles. The van der Waals surface area contributed by atoms with E-state index in [1.165, 1.54) is 16.3 Å². The van der Waals surface area contributed by atoms with Gasteiger partial charge >= 0.3 is 0 Å². The Bertz CT molecular complexity index is 3980. The second-order valence-corrected chi connectivity index (χ2v) is 20.0. The Labute approximate surface area is 456 Å². The van der Waals surface area contributed by atoms with Crippen molar-refractivity contribution in [3.63, 3.8) is 0 Å². The van der Waals surface area contributed by atoms with E-state index in [-0.39, 0.29) is 0 Å². The molecule has 5 nitrogen and oxygen atoms in total. The Morgan fingerprint density at radius 3 is 1.09 bits per heavy atom. The summed E-state index contributed by atoms with van der Waals surface area (Å²) in [6.45, 7) is 6.44. The van der Waals surface area contributed by atoms with Gasteiger partial charge in [-0.3, -0.25) is 0 Å². The summed E-state index contributed by atoms with van der Waals surface area (Å²) in [5.41, 5.74) is 23.1. The maximum absolute atomic E-state index is 5.20. The largest absolute Gasteiger partial charge is 0.310 e. The summed E-state index contributed by atoms with van der Waals surface area (Å²) in [6.07, 6.45) is 0. The number of hydrogen-bond acceptors (Lipinski definition) is 4. The summed E-state index contributed by atoms with van der Waals surface area (Å²) in [7, 11) is 0. The molecule has 2 heterocycles. The monoisotopic (exact) mass is 1000 g/mol. The average Bonchev–Trinajstić information content (AvgIpc) is 3.82. The van der Waals surface area contributed by atoms with E-state index >= 15 is 0 Å². The maximum Gasteiger partial charge on any atom is 0.160 e. The molecule has 0 aliphatic heterocycles. The number of aryl methyl sites for hydroxylation is 3. The lowest BCUT2D eigenvalue weighted by molar-refractivity contribution is 1.17. The summed E-state index contributed by atoms with van der Waals surface area (Å²) in [5, 5.41) is 2.34. The first kappa shape index (κ1) is 47.6. The van der Waals surface area contributed by atoms with Crippen molar-refractivity contribution in [3.8, 4) is 61.8 Å². The van der Waals surface area contributed by atoms with Crippen molar-refractivity contribution in [3.05, 3.63) is 296 Å². The molecule has 0 amide bonds. The molecule has 0 aliphatic rings. The first-order valence-corrected chi connectivity index (χ1v) is 26.6. The van der Waals surface area contributed by atoms with Gasteiger partial charge in [0.05, 0.1) is 22.4 Å². The summed E-state index contributed by atoms with van der Waals surface area (Å²) < 4.78 is 2.41. The molecule has 0 unspecified atom stereocenters. The second-order valence-electron chi connectivity index (χ2n) is 20.0. The fourth-order valence-corrected chi connectivity index (χ4v) is 11.1. The number of nitrogens with zero attached hydrogens (tertiary/aromatic N) is 5. The Morgan fingerprint density at radius 1 is 0.282 bits per heavy atom. The minimum atomic E-state index is 0.735. The van der Waals surface area contributed by atoms with Gasteiger partial charge in [-0.2, -0.15) is 0 Å². The zero-order chi connectivity index (χ0) is 52.5. The van der Waals surface area contributed by atoms with Gasteiger partial charge in [0.15, 0.2) is 5.82 Å². The lowest BCUT2D eigenvalue weighted by Gasteiger charge is -2.26. The number of benzene rings is 11. The fraction of sp³-hybridized carbons (Fsp3) is 0.0411. The Balaban J connectivity index is 0.852. The van der Waals surface area contributed by atoms with Gasteiger partial charge < -0.3 is 14.4 Å². The smallest absolute Gasteiger partial charge is 0.160 e. The van der Waals surface area contributed by atoms with Crippen LogP contribution in [0.5, 0.6) is 0 Å². The predicted molar refractivity (Wildman–Crippen MR) is 327 cm³/mol. The molecule has 0 atom stereocenters. The molecule has 0 spiro atoms. The predicted octanol–water partition coefficient (Wildman–Crippen LogP) is 19.8. The molecule has 0 saturated carbocycles. The third-order valence-corrected chi connectivity index (χ3v) is 15.0. The normalized spacial score (nSPS) is 11.3. The Hall–Kier alpha value is -10.1. The standard InChI is InChI=1S/C73H55N5/c1-50-20-16-18-30-64(50)69-49-70(75-73(74-69)66-31-19-17-21-51(66)2)65-43-38-56(46-52(65)3)55-34-32-53(33-35-55)54-36-39-61(40-37-54)78-71-44-41-62(76(57-22-8-4-9-23-57)58-24-10-5-11-25-58)47-67(71)68-48-63(42-45-72(68)78)77(59-26-12-6-13-27-59)60-28-14-7-15-29-60/h4-49H,1-3H3. The number of hydrogen-bond donors (Lipinski definition) is 0. The summed E-state index contributed by atoms with van der Waals surface area (Å²) in [5.74, 6) is 0.735. The van der Waals surface area contributed by atoms with Crippen LogP contribution in [0.15, 0.2) is 279 Å². The van der Waals surface area contributed by atoms with E-state index in [9.17, 15) is 0 Å². The first-order chi connectivity index (χ1) is 38.4. The van der Waals surface area contributed by atoms with Crippen LogP contribution in [0.1, 0.15) is 16.7 Å². The quantitative estimate of drug-likeness (QED) is 0.122. The van der Waals surface area contributed by atoms with Crippen LogP contribution in [0, 0.1) is 20.8 Å². The van der Waals surface area contributed by atoms with E-state index < -0.39 is 0 Å². The van der Waals surface area contributed by atoms with E-state index in [4.69, 9.17) is 9.97 Å². The summed E-state index contributed by atoms with van der Waals surface area (Å²) in [6, 6.07) is 99.9.